The molecule has 32 heavy (non-hydrogen) atoms. The van der Waals surface area contributed by atoms with E-state index in [1.54, 1.807) is 29.2 Å². The van der Waals surface area contributed by atoms with Crippen LogP contribution in [0.15, 0.2) is 58.3 Å². The van der Waals surface area contributed by atoms with Crippen LogP contribution in [-0.4, -0.2) is 55.3 Å². The normalized spacial score (nSPS) is 21.3. The number of para-hydroxylation sites is 1. The molecule has 3 heterocycles. The zero-order chi connectivity index (χ0) is 22.1. The van der Waals surface area contributed by atoms with E-state index in [0.717, 1.165) is 4.90 Å². The fourth-order valence-electron chi connectivity index (χ4n) is 4.27. The van der Waals surface area contributed by atoms with Crippen LogP contribution < -0.4 is 4.90 Å². The second kappa shape index (κ2) is 8.69. The minimum Gasteiger partial charge on any atom is -0.347 e. The molecule has 0 aliphatic carbocycles. The predicted molar refractivity (Wildman–Crippen MR) is 119 cm³/mol. The summed E-state index contributed by atoms with van der Waals surface area (Å²) in [5, 5.41) is 0. The molecule has 2 amide bonds. The lowest BCUT2D eigenvalue weighted by molar-refractivity contribution is -0.187. The molecule has 2 aromatic carbocycles. The van der Waals surface area contributed by atoms with Gasteiger partial charge in [0.2, 0.25) is 5.91 Å². The third-order valence-electron chi connectivity index (χ3n) is 6.01. The van der Waals surface area contributed by atoms with E-state index in [-0.39, 0.29) is 18.4 Å². The lowest BCUT2D eigenvalue weighted by Gasteiger charge is -2.38. The van der Waals surface area contributed by atoms with Crippen molar-refractivity contribution in [3.8, 4) is 0 Å². The summed E-state index contributed by atoms with van der Waals surface area (Å²) in [4.78, 5) is 30.9. The molecule has 1 spiro atoms. The first-order valence-corrected chi connectivity index (χ1v) is 11.5. The van der Waals surface area contributed by atoms with E-state index >= 15 is 0 Å². The number of hydrogen-bond donors (Lipinski definition) is 0. The fourth-order valence-corrected chi connectivity index (χ4v) is 5.32. The highest BCUT2D eigenvalue weighted by molar-refractivity contribution is 8.04. The highest BCUT2D eigenvalue weighted by Crippen LogP contribution is 2.42. The Morgan fingerprint density at radius 2 is 1.75 bits per heavy atom. The molecule has 2 aromatic rings. The smallest absolute Gasteiger partial charge is 0.265 e. The van der Waals surface area contributed by atoms with E-state index in [2.05, 4.69) is 0 Å². The van der Waals surface area contributed by atoms with Crippen molar-refractivity contribution in [2.45, 2.75) is 23.5 Å². The van der Waals surface area contributed by atoms with Crippen molar-refractivity contribution in [1.29, 1.82) is 0 Å². The summed E-state index contributed by atoms with van der Waals surface area (Å²) in [6.45, 7) is 2.15. The van der Waals surface area contributed by atoms with Crippen molar-refractivity contribution in [3.63, 3.8) is 0 Å². The lowest BCUT2D eigenvalue weighted by atomic mass is 10.0. The minimum atomic E-state index is -0.559. The van der Waals surface area contributed by atoms with Crippen LogP contribution in [0.1, 0.15) is 18.4 Å². The van der Waals surface area contributed by atoms with Crippen molar-refractivity contribution in [3.05, 3.63) is 64.8 Å². The van der Waals surface area contributed by atoms with Crippen molar-refractivity contribution >= 4 is 35.3 Å². The SMILES string of the molecule is O=C(CN1C(=O)/C(=C/c2ccccc2F)Sc2ccccc21)N1CCC2(CC1)OCCO2. The van der Waals surface area contributed by atoms with E-state index in [9.17, 15) is 14.0 Å². The highest BCUT2D eigenvalue weighted by Gasteiger charge is 2.41. The molecular formula is C24H23FN2O4S. The van der Waals surface area contributed by atoms with Crippen molar-refractivity contribution < 1.29 is 23.5 Å². The molecule has 0 N–H and O–H groups in total. The number of likely N-dealkylation sites (tertiary alicyclic amines) is 1. The van der Waals surface area contributed by atoms with Crippen LogP contribution in [0.2, 0.25) is 0 Å². The maximum absolute atomic E-state index is 14.2. The van der Waals surface area contributed by atoms with Gasteiger partial charge in [-0.25, -0.2) is 4.39 Å². The Hall–Kier alpha value is -2.68. The molecule has 0 saturated carbocycles. The van der Waals surface area contributed by atoms with E-state index in [1.165, 1.54) is 22.7 Å². The number of anilines is 1. The first-order chi connectivity index (χ1) is 15.5. The molecule has 5 rings (SSSR count). The molecule has 3 aliphatic heterocycles. The van der Waals surface area contributed by atoms with Gasteiger partial charge in [-0.2, -0.15) is 0 Å². The maximum Gasteiger partial charge on any atom is 0.265 e. The average Bonchev–Trinajstić information content (AvgIpc) is 3.26. The minimum absolute atomic E-state index is 0.0697. The van der Waals surface area contributed by atoms with Gasteiger partial charge in [0.15, 0.2) is 5.79 Å². The van der Waals surface area contributed by atoms with Crippen LogP contribution in [0.5, 0.6) is 0 Å². The van der Waals surface area contributed by atoms with Crippen LogP contribution in [0.4, 0.5) is 10.1 Å². The van der Waals surface area contributed by atoms with Gasteiger partial charge in [0.25, 0.3) is 5.91 Å². The van der Waals surface area contributed by atoms with Crippen LogP contribution in [-0.2, 0) is 19.1 Å². The average molecular weight is 455 g/mol. The molecular weight excluding hydrogens is 431 g/mol. The van der Waals surface area contributed by atoms with Gasteiger partial charge in [-0.3, -0.25) is 14.5 Å². The summed E-state index contributed by atoms with van der Waals surface area (Å²) >= 11 is 1.29. The number of amides is 2. The Morgan fingerprint density at radius 3 is 2.50 bits per heavy atom. The fraction of sp³-hybridized carbons (Fsp3) is 0.333. The number of halogens is 1. The Bertz CT molecular complexity index is 1070. The van der Waals surface area contributed by atoms with Crippen LogP contribution in [0, 0.1) is 5.82 Å². The molecule has 0 atom stereocenters. The number of piperidine rings is 1. The van der Waals surface area contributed by atoms with Crippen molar-refractivity contribution in [2.24, 2.45) is 0 Å². The molecule has 0 unspecified atom stereocenters. The Labute approximate surface area is 190 Å². The molecule has 0 bridgehead atoms. The number of nitrogens with zero attached hydrogens (tertiary/aromatic N) is 2. The first-order valence-electron chi connectivity index (χ1n) is 10.7. The number of carbonyl (C=O) groups is 2. The third-order valence-corrected chi connectivity index (χ3v) is 7.09. The molecule has 6 nitrogen and oxygen atoms in total. The lowest BCUT2D eigenvalue weighted by Crippen LogP contribution is -2.51. The van der Waals surface area contributed by atoms with Gasteiger partial charge in [0, 0.05) is 36.4 Å². The summed E-state index contributed by atoms with van der Waals surface area (Å²) < 4.78 is 25.7. The van der Waals surface area contributed by atoms with Gasteiger partial charge < -0.3 is 14.4 Å². The van der Waals surface area contributed by atoms with Gasteiger partial charge in [0.1, 0.15) is 12.4 Å². The maximum atomic E-state index is 14.2. The second-order valence-electron chi connectivity index (χ2n) is 7.98. The summed E-state index contributed by atoms with van der Waals surface area (Å²) in [6.07, 6.45) is 2.80. The zero-order valence-corrected chi connectivity index (χ0v) is 18.3. The Morgan fingerprint density at radius 1 is 1.06 bits per heavy atom. The number of fused-ring (bicyclic) bond motifs is 1. The van der Waals surface area contributed by atoms with Crippen LogP contribution >= 0.6 is 11.8 Å². The zero-order valence-electron chi connectivity index (χ0n) is 17.5. The van der Waals surface area contributed by atoms with Gasteiger partial charge in [-0.15, -0.1) is 0 Å². The van der Waals surface area contributed by atoms with Gasteiger partial charge in [-0.05, 0) is 24.3 Å². The molecule has 2 saturated heterocycles. The summed E-state index contributed by atoms with van der Waals surface area (Å²) in [5.41, 5.74) is 1.03. The predicted octanol–water partition coefficient (Wildman–Crippen LogP) is 3.67. The molecule has 8 heteroatoms. The number of thioether (sulfide) groups is 1. The van der Waals surface area contributed by atoms with Crippen molar-refractivity contribution in [2.75, 3.05) is 37.7 Å². The van der Waals surface area contributed by atoms with Crippen LogP contribution in [0.25, 0.3) is 6.08 Å². The molecule has 166 valence electrons. The topological polar surface area (TPSA) is 59.1 Å². The van der Waals surface area contributed by atoms with Gasteiger partial charge in [-0.1, -0.05) is 42.1 Å². The number of benzene rings is 2. The Kier molecular flexibility index (Phi) is 5.75. The molecule has 3 aliphatic rings. The second-order valence-corrected chi connectivity index (χ2v) is 9.06. The number of hydrogen-bond acceptors (Lipinski definition) is 5. The largest absolute Gasteiger partial charge is 0.347 e. The van der Waals surface area contributed by atoms with E-state index in [0.29, 0.717) is 55.3 Å². The molecule has 0 radical (unpaired) electrons. The summed E-state index contributed by atoms with van der Waals surface area (Å²) in [6, 6.07) is 13.8. The number of ether oxygens (including phenoxy) is 2. The number of rotatable bonds is 3. The molecule has 0 aromatic heterocycles. The molecule has 2 fully saturated rings. The van der Waals surface area contributed by atoms with E-state index in [1.807, 2.05) is 24.3 Å². The van der Waals surface area contributed by atoms with E-state index in [4.69, 9.17) is 9.47 Å². The quantitative estimate of drug-likeness (QED) is 0.663. The standard InChI is InChI=1S/C24H23FN2O4S/c25-18-6-2-1-5-17(18)15-21-23(29)27(19-7-3-4-8-20(19)32-21)16-22(28)26-11-9-24(10-12-26)30-13-14-31-24/h1-8,15H,9-14,16H2/b21-15-. The van der Waals surface area contributed by atoms with Crippen molar-refractivity contribution in [1.82, 2.24) is 4.90 Å². The van der Waals surface area contributed by atoms with Crippen LogP contribution in [0.3, 0.4) is 0 Å². The number of carbonyl (C=O) groups excluding carboxylic acids is 2. The first kappa shape index (κ1) is 21.2. The van der Waals surface area contributed by atoms with Gasteiger partial charge >= 0.3 is 0 Å². The highest BCUT2D eigenvalue weighted by atomic mass is 32.2. The summed E-state index contributed by atoms with van der Waals surface area (Å²) in [5.74, 6) is -1.38. The van der Waals surface area contributed by atoms with Gasteiger partial charge in [0.05, 0.1) is 23.8 Å². The third kappa shape index (κ3) is 4.05. The monoisotopic (exact) mass is 454 g/mol. The Balaban J connectivity index is 1.37. The van der Waals surface area contributed by atoms with E-state index < -0.39 is 11.6 Å². The summed E-state index contributed by atoms with van der Waals surface area (Å²) in [7, 11) is 0.